The quantitative estimate of drug-likeness (QED) is 0.747. The molecule has 4 N–H and O–H groups in total. The highest BCUT2D eigenvalue weighted by atomic mass is 35.5. The van der Waals surface area contributed by atoms with E-state index in [9.17, 15) is 9.59 Å². The second-order valence-corrected chi connectivity index (χ2v) is 5.32. The van der Waals surface area contributed by atoms with Gasteiger partial charge >= 0.3 is 0 Å². The fourth-order valence-electron chi connectivity index (χ4n) is 1.92. The van der Waals surface area contributed by atoms with Crippen molar-refractivity contribution in [3.63, 3.8) is 0 Å². The monoisotopic (exact) mass is 329 g/mol. The van der Waals surface area contributed by atoms with E-state index in [1.54, 1.807) is 18.2 Å². The lowest BCUT2D eigenvalue weighted by molar-refractivity contribution is -0.117. The lowest BCUT2D eigenvalue weighted by atomic mass is 10.0. The number of anilines is 2. The van der Waals surface area contributed by atoms with Crippen LogP contribution in [-0.2, 0) is 9.59 Å². The van der Waals surface area contributed by atoms with E-state index in [-0.39, 0.29) is 24.2 Å². The van der Waals surface area contributed by atoms with Gasteiger partial charge in [0.1, 0.15) is 5.75 Å². The maximum Gasteiger partial charge on any atom is 0.241 e. The van der Waals surface area contributed by atoms with Gasteiger partial charge in [-0.15, -0.1) is 12.4 Å². The van der Waals surface area contributed by atoms with E-state index in [2.05, 4.69) is 10.6 Å². The molecule has 1 aromatic carbocycles. The zero-order valence-electron chi connectivity index (χ0n) is 13.3. The number of halogens is 1. The summed E-state index contributed by atoms with van der Waals surface area (Å²) in [6.45, 7) is 5.42. The predicted molar refractivity (Wildman–Crippen MR) is 90.6 cm³/mol. The molecule has 6 nitrogen and oxygen atoms in total. The summed E-state index contributed by atoms with van der Waals surface area (Å²) in [6, 6.07) is 4.45. The molecule has 7 heteroatoms. The Morgan fingerprint density at radius 2 is 1.91 bits per heavy atom. The Bertz CT molecular complexity index is 521. The Kier molecular flexibility index (Phi) is 8.52. The number of hydrogen-bond donors (Lipinski definition) is 3. The van der Waals surface area contributed by atoms with Crippen molar-refractivity contribution in [3.05, 3.63) is 18.2 Å². The fraction of sp³-hybridized carbons (Fsp3) is 0.467. The molecule has 2 amide bonds. The molecule has 0 saturated carbocycles. The standard InChI is InChI=1S/C15H23N3O3.ClH/c1-9(2)7-12(16)15(20)18-11-5-6-14(21-4)13(8-11)17-10(3)19;/h5-6,8-9,12H,7,16H2,1-4H3,(H,17,19)(H,18,20);1H/t12-;/m0./s1. The molecule has 0 heterocycles. The SMILES string of the molecule is COc1ccc(NC(=O)[C@@H](N)CC(C)C)cc1NC(C)=O.Cl. The summed E-state index contributed by atoms with van der Waals surface area (Å²) in [5, 5.41) is 5.39. The van der Waals surface area contributed by atoms with Crippen LogP contribution in [0.15, 0.2) is 18.2 Å². The maximum absolute atomic E-state index is 12.0. The number of rotatable bonds is 6. The van der Waals surface area contributed by atoms with Crippen LogP contribution in [0.5, 0.6) is 5.75 Å². The lowest BCUT2D eigenvalue weighted by Crippen LogP contribution is -2.36. The van der Waals surface area contributed by atoms with Gasteiger partial charge in [-0.25, -0.2) is 0 Å². The minimum Gasteiger partial charge on any atom is -0.495 e. The fourth-order valence-corrected chi connectivity index (χ4v) is 1.92. The van der Waals surface area contributed by atoms with Crippen LogP contribution in [-0.4, -0.2) is 25.0 Å². The molecule has 1 aromatic rings. The number of carbonyl (C=O) groups excluding carboxylic acids is 2. The van der Waals surface area contributed by atoms with Crippen LogP contribution >= 0.6 is 12.4 Å². The van der Waals surface area contributed by atoms with Crippen molar-refractivity contribution >= 4 is 35.6 Å². The molecule has 22 heavy (non-hydrogen) atoms. The van der Waals surface area contributed by atoms with E-state index in [4.69, 9.17) is 10.5 Å². The molecule has 0 fully saturated rings. The Morgan fingerprint density at radius 3 is 2.41 bits per heavy atom. The molecular formula is C15H24ClN3O3. The van der Waals surface area contributed by atoms with Crippen LogP contribution < -0.4 is 21.1 Å². The van der Waals surface area contributed by atoms with Gasteiger partial charge in [-0.1, -0.05) is 13.8 Å². The van der Waals surface area contributed by atoms with E-state index in [1.165, 1.54) is 14.0 Å². The Balaban J connectivity index is 0.00000441. The van der Waals surface area contributed by atoms with Crippen LogP contribution in [0.25, 0.3) is 0 Å². The van der Waals surface area contributed by atoms with Gasteiger partial charge in [0, 0.05) is 12.6 Å². The topological polar surface area (TPSA) is 93.4 Å². The molecule has 0 aromatic heterocycles. The third-order valence-corrected chi connectivity index (χ3v) is 2.84. The van der Waals surface area contributed by atoms with Gasteiger partial charge in [-0.05, 0) is 30.5 Å². The van der Waals surface area contributed by atoms with Crippen molar-refractivity contribution < 1.29 is 14.3 Å². The normalized spacial score (nSPS) is 11.4. The van der Waals surface area contributed by atoms with Crippen molar-refractivity contribution in [1.29, 1.82) is 0 Å². The van der Waals surface area contributed by atoms with Crippen molar-refractivity contribution in [2.24, 2.45) is 11.7 Å². The lowest BCUT2D eigenvalue weighted by Gasteiger charge is -2.15. The molecule has 0 radical (unpaired) electrons. The summed E-state index contributed by atoms with van der Waals surface area (Å²) < 4.78 is 5.15. The summed E-state index contributed by atoms with van der Waals surface area (Å²) in [5.41, 5.74) is 6.89. The van der Waals surface area contributed by atoms with Gasteiger partial charge in [-0.2, -0.15) is 0 Å². The summed E-state index contributed by atoms with van der Waals surface area (Å²) in [5.74, 6) is 0.405. The van der Waals surface area contributed by atoms with Gasteiger partial charge < -0.3 is 21.1 Å². The highest BCUT2D eigenvalue weighted by Gasteiger charge is 2.16. The molecule has 1 atom stereocenters. The van der Waals surface area contributed by atoms with Gasteiger partial charge in [0.25, 0.3) is 0 Å². The first-order chi connectivity index (χ1) is 9.83. The predicted octanol–water partition coefficient (Wildman–Crippen LogP) is 2.39. The number of nitrogens with two attached hydrogens (primary N) is 1. The molecule has 0 saturated heterocycles. The number of nitrogens with one attached hydrogen (secondary N) is 2. The molecule has 0 unspecified atom stereocenters. The second-order valence-electron chi connectivity index (χ2n) is 5.32. The summed E-state index contributed by atoms with van der Waals surface area (Å²) in [6.07, 6.45) is 0.612. The highest BCUT2D eigenvalue weighted by molar-refractivity contribution is 5.96. The Labute approximate surface area is 137 Å². The molecule has 0 bridgehead atoms. The van der Waals surface area contributed by atoms with E-state index < -0.39 is 6.04 Å². The van der Waals surface area contributed by atoms with Crippen molar-refractivity contribution in [2.75, 3.05) is 17.7 Å². The van der Waals surface area contributed by atoms with Crippen LogP contribution in [0.4, 0.5) is 11.4 Å². The number of amides is 2. The molecular weight excluding hydrogens is 306 g/mol. The van der Waals surface area contributed by atoms with Gasteiger partial charge in [0.2, 0.25) is 11.8 Å². The van der Waals surface area contributed by atoms with E-state index in [1.807, 2.05) is 13.8 Å². The smallest absolute Gasteiger partial charge is 0.241 e. The Hall–Kier alpha value is -1.79. The number of ether oxygens (including phenoxy) is 1. The summed E-state index contributed by atoms with van der Waals surface area (Å²) >= 11 is 0. The first-order valence-electron chi connectivity index (χ1n) is 6.85. The first kappa shape index (κ1) is 20.2. The van der Waals surface area contributed by atoms with Crippen LogP contribution in [0.2, 0.25) is 0 Å². The number of carbonyl (C=O) groups is 2. The first-order valence-corrected chi connectivity index (χ1v) is 6.85. The number of hydrogen-bond acceptors (Lipinski definition) is 4. The zero-order valence-corrected chi connectivity index (χ0v) is 14.1. The van der Waals surface area contributed by atoms with E-state index >= 15 is 0 Å². The number of benzene rings is 1. The average Bonchev–Trinajstić information content (AvgIpc) is 2.37. The maximum atomic E-state index is 12.0. The van der Waals surface area contributed by atoms with Crippen LogP contribution in [0.1, 0.15) is 27.2 Å². The molecule has 0 spiro atoms. The zero-order chi connectivity index (χ0) is 16.0. The minimum absolute atomic E-state index is 0. The van der Waals surface area contributed by atoms with E-state index in [0.29, 0.717) is 29.5 Å². The molecule has 0 aliphatic heterocycles. The molecule has 1 rings (SSSR count). The van der Waals surface area contributed by atoms with Gasteiger partial charge in [-0.3, -0.25) is 9.59 Å². The third-order valence-electron chi connectivity index (χ3n) is 2.84. The highest BCUT2D eigenvalue weighted by Crippen LogP contribution is 2.27. The van der Waals surface area contributed by atoms with E-state index in [0.717, 1.165) is 0 Å². The molecule has 0 aliphatic rings. The number of methoxy groups -OCH3 is 1. The van der Waals surface area contributed by atoms with Gasteiger partial charge in [0.15, 0.2) is 0 Å². The van der Waals surface area contributed by atoms with Crippen molar-refractivity contribution in [3.8, 4) is 5.75 Å². The van der Waals surface area contributed by atoms with Crippen molar-refractivity contribution in [1.82, 2.24) is 0 Å². The minimum atomic E-state index is -0.559. The second kappa shape index (κ2) is 9.27. The van der Waals surface area contributed by atoms with Crippen molar-refractivity contribution in [2.45, 2.75) is 33.2 Å². The average molecular weight is 330 g/mol. The largest absolute Gasteiger partial charge is 0.495 e. The summed E-state index contributed by atoms with van der Waals surface area (Å²) in [4.78, 5) is 23.2. The Morgan fingerprint density at radius 1 is 1.27 bits per heavy atom. The van der Waals surface area contributed by atoms with Gasteiger partial charge in [0.05, 0.1) is 18.8 Å². The molecule has 0 aliphatic carbocycles. The van der Waals surface area contributed by atoms with Crippen LogP contribution in [0, 0.1) is 5.92 Å². The van der Waals surface area contributed by atoms with Crippen LogP contribution in [0.3, 0.4) is 0 Å². The third kappa shape index (κ3) is 6.32. The molecule has 124 valence electrons. The summed E-state index contributed by atoms with van der Waals surface area (Å²) in [7, 11) is 1.51.